The maximum absolute atomic E-state index is 5.09. The number of aromatic nitrogens is 2. The SMILES string of the molecule is c1ccc(-c2nocconc2-c2ccccc2)cc1. The summed E-state index contributed by atoms with van der Waals surface area (Å²) in [4.78, 5) is 0. The highest BCUT2D eigenvalue weighted by molar-refractivity contribution is 5.76. The highest BCUT2D eigenvalue weighted by atomic mass is 16.5. The van der Waals surface area contributed by atoms with Crippen LogP contribution in [0.5, 0.6) is 0 Å². The van der Waals surface area contributed by atoms with Crippen LogP contribution >= 0.6 is 0 Å². The zero-order valence-electron chi connectivity index (χ0n) is 10.6. The summed E-state index contributed by atoms with van der Waals surface area (Å²) in [5.41, 5.74) is 3.07. The van der Waals surface area contributed by atoms with Crippen LogP contribution in [0.2, 0.25) is 0 Å². The molecule has 0 N–H and O–H groups in total. The predicted octanol–water partition coefficient (Wildman–Crippen LogP) is 4.12. The Hall–Kier alpha value is -2.88. The van der Waals surface area contributed by atoms with Gasteiger partial charge in [-0.15, -0.1) is 0 Å². The van der Waals surface area contributed by atoms with E-state index in [1.165, 1.54) is 12.5 Å². The summed E-state index contributed by atoms with van der Waals surface area (Å²) in [6.45, 7) is 0. The molecule has 0 atom stereocenters. The lowest BCUT2D eigenvalue weighted by Gasteiger charge is -2.03. The Morgan fingerprint density at radius 2 is 0.950 bits per heavy atom. The first-order valence-electron chi connectivity index (χ1n) is 6.19. The largest absolute Gasteiger partial charge is 0.361 e. The van der Waals surface area contributed by atoms with Gasteiger partial charge in [-0.2, -0.15) is 0 Å². The molecular formula is C16H12N2O2. The van der Waals surface area contributed by atoms with E-state index < -0.39 is 0 Å². The Kier molecular flexibility index (Phi) is 3.55. The second kappa shape index (κ2) is 5.84. The van der Waals surface area contributed by atoms with Crippen molar-refractivity contribution < 1.29 is 9.05 Å². The molecular weight excluding hydrogens is 252 g/mol. The van der Waals surface area contributed by atoms with E-state index in [1.54, 1.807) is 0 Å². The van der Waals surface area contributed by atoms with Crippen LogP contribution in [0.1, 0.15) is 0 Å². The van der Waals surface area contributed by atoms with Crippen LogP contribution < -0.4 is 0 Å². The zero-order chi connectivity index (χ0) is 13.6. The lowest BCUT2D eigenvalue weighted by atomic mass is 10.1. The predicted molar refractivity (Wildman–Crippen MR) is 75.1 cm³/mol. The second-order valence-corrected chi connectivity index (χ2v) is 4.09. The molecule has 3 aromatic rings. The summed E-state index contributed by atoms with van der Waals surface area (Å²) >= 11 is 0. The summed E-state index contributed by atoms with van der Waals surface area (Å²) < 4.78 is 10.2. The molecule has 0 radical (unpaired) electrons. The van der Waals surface area contributed by atoms with Gasteiger partial charge in [-0.1, -0.05) is 71.0 Å². The molecule has 4 nitrogen and oxygen atoms in total. The van der Waals surface area contributed by atoms with E-state index in [4.69, 9.17) is 9.05 Å². The average molecular weight is 264 g/mol. The molecule has 98 valence electrons. The van der Waals surface area contributed by atoms with Crippen molar-refractivity contribution in [1.82, 2.24) is 10.3 Å². The number of benzene rings is 2. The van der Waals surface area contributed by atoms with Gasteiger partial charge in [0.05, 0.1) is 0 Å². The zero-order valence-corrected chi connectivity index (χ0v) is 10.6. The minimum Gasteiger partial charge on any atom is -0.361 e. The summed E-state index contributed by atoms with van der Waals surface area (Å²) in [6.07, 6.45) is 2.68. The molecule has 0 saturated carbocycles. The summed E-state index contributed by atoms with van der Waals surface area (Å²) in [5.74, 6) is 0. The van der Waals surface area contributed by atoms with Gasteiger partial charge < -0.3 is 9.05 Å². The van der Waals surface area contributed by atoms with Crippen LogP contribution in [0, 0.1) is 0 Å². The van der Waals surface area contributed by atoms with Gasteiger partial charge in [0, 0.05) is 11.1 Å². The minimum atomic E-state index is 0.626. The Morgan fingerprint density at radius 3 is 1.35 bits per heavy atom. The molecule has 0 fully saturated rings. The van der Waals surface area contributed by atoms with Crippen LogP contribution in [-0.2, 0) is 0 Å². The van der Waals surface area contributed by atoms with Gasteiger partial charge in [-0.05, 0) is 0 Å². The van der Waals surface area contributed by atoms with Crippen molar-refractivity contribution in [3.63, 3.8) is 0 Å². The fourth-order valence-electron chi connectivity index (χ4n) is 1.87. The van der Waals surface area contributed by atoms with Crippen LogP contribution in [0.25, 0.3) is 22.5 Å². The number of nitrogens with zero attached hydrogens (tertiary/aromatic N) is 2. The molecule has 20 heavy (non-hydrogen) atoms. The minimum absolute atomic E-state index is 0.626. The quantitative estimate of drug-likeness (QED) is 0.698. The second-order valence-electron chi connectivity index (χ2n) is 4.09. The molecule has 3 rings (SSSR count). The van der Waals surface area contributed by atoms with Crippen molar-refractivity contribution in [1.29, 1.82) is 0 Å². The maximum Gasteiger partial charge on any atom is 0.159 e. The number of rotatable bonds is 2. The molecule has 0 saturated heterocycles. The highest BCUT2D eigenvalue weighted by Crippen LogP contribution is 2.26. The Balaban J connectivity index is 2.26. The Morgan fingerprint density at radius 1 is 0.550 bits per heavy atom. The summed E-state index contributed by atoms with van der Waals surface area (Å²) in [7, 11) is 0. The van der Waals surface area contributed by atoms with Crippen molar-refractivity contribution in [3.05, 3.63) is 73.2 Å². The molecule has 1 heterocycles. The molecule has 0 bridgehead atoms. The fraction of sp³-hybridized carbons (Fsp3) is 0. The lowest BCUT2D eigenvalue weighted by molar-refractivity contribution is 0.352. The van der Waals surface area contributed by atoms with Gasteiger partial charge in [-0.3, -0.25) is 0 Å². The van der Waals surface area contributed by atoms with Crippen molar-refractivity contribution in [3.8, 4) is 22.5 Å². The van der Waals surface area contributed by atoms with E-state index in [0.717, 1.165) is 11.1 Å². The molecule has 0 unspecified atom stereocenters. The normalized spacial score (nSPS) is 10.0. The summed E-state index contributed by atoms with van der Waals surface area (Å²) in [6, 6.07) is 19.5. The van der Waals surface area contributed by atoms with Gasteiger partial charge in [0.2, 0.25) is 0 Å². The van der Waals surface area contributed by atoms with Crippen molar-refractivity contribution in [2.75, 3.05) is 0 Å². The molecule has 0 spiro atoms. The molecule has 0 aliphatic carbocycles. The fourth-order valence-corrected chi connectivity index (χ4v) is 1.87. The van der Waals surface area contributed by atoms with Crippen LogP contribution in [-0.4, -0.2) is 10.3 Å². The van der Waals surface area contributed by atoms with Crippen LogP contribution in [0.3, 0.4) is 0 Å². The third kappa shape index (κ3) is 2.59. The third-order valence-electron chi connectivity index (χ3n) is 2.78. The van der Waals surface area contributed by atoms with E-state index in [0.29, 0.717) is 11.4 Å². The van der Waals surface area contributed by atoms with Crippen molar-refractivity contribution in [2.24, 2.45) is 0 Å². The Bertz CT molecular complexity index is 653. The van der Waals surface area contributed by atoms with Gasteiger partial charge >= 0.3 is 0 Å². The van der Waals surface area contributed by atoms with Gasteiger partial charge in [0.1, 0.15) is 11.4 Å². The van der Waals surface area contributed by atoms with Gasteiger partial charge in [-0.25, -0.2) is 0 Å². The molecule has 4 heteroatoms. The monoisotopic (exact) mass is 264 g/mol. The third-order valence-corrected chi connectivity index (χ3v) is 2.78. The standard InChI is InChI=1S/C16H12N2O2/c1-3-7-13(8-4-1)15-16(14-9-5-2-6-10-14)18-20-12-11-19-17-15/h1-12H. The molecule has 0 amide bonds. The first kappa shape index (κ1) is 12.2. The van der Waals surface area contributed by atoms with E-state index in [1.807, 2.05) is 60.7 Å². The molecule has 2 aromatic carbocycles. The molecule has 1 aromatic heterocycles. The van der Waals surface area contributed by atoms with E-state index >= 15 is 0 Å². The van der Waals surface area contributed by atoms with Gasteiger partial charge in [0.25, 0.3) is 0 Å². The average Bonchev–Trinajstić information content (AvgIpc) is 2.49. The molecule has 0 aliphatic heterocycles. The number of hydrogen-bond donors (Lipinski definition) is 0. The van der Waals surface area contributed by atoms with Crippen LogP contribution in [0.15, 0.2) is 82.2 Å². The van der Waals surface area contributed by atoms with E-state index in [2.05, 4.69) is 10.3 Å². The Labute approximate surface area is 116 Å². The van der Waals surface area contributed by atoms with Crippen molar-refractivity contribution >= 4 is 0 Å². The smallest absolute Gasteiger partial charge is 0.159 e. The maximum atomic E-state index is 5.09. The van der Waals surface area contributed by atoms with Crippen LogP contribution in [0.4, 0.5) is 0 Å². The first-order valence-corrected chi connectivity index (χ1v) is 6.19. The topological polar surface area (TPSA) is 52.1 Å². The van der Waals surface area contributed by atoms with Gasteiger partial charge in [0.15, 0.2) is 12.5 Å². The van der Waals surface area contributed by atoms with E-state index in [9.17, 15) is 0 Å². The summed E-state index contributed by atoms with van der Waals surface area (Å²) in [5, 5.41) is 8.26. The molecule has 0 aliphatic rings. The first-order chi connectivity index (χ1) is 9.95. The van der Waals surface area contributed by atoms with E-state index in [-0.39, 0.29) is 0 Å². The number of hydrogen-bond acceptors (Lipinski definition) is 4. The lowest BCUT2D eigenvalue weighted by Crippen LogP contribution is -1.89. The highest BCUT2D eigenvalue weighted by Gasteiger charge is 2.10. The van der Waals surface area contributed by atoms with Crippen molar-refractivity contribution in [2.45, 2.75) is 0 Å².